The number of benzene rings is 1. The number of hydrogen-bond acceptors (Lipinski definition) is 9. The molecule has 3 aromatic heterocycles. The zero-order valence-electron chi connectivity index (χ0n) is 25.5. The fourth-order valence-corrected chi connectivity index (χ4v) is 5.68. The van der Waals surface area contributed by atoms with E-state index in [4.69, 9.17) is 43.2 Å². The summed E-state index contributed by atoms with van der Waals surface area (Å²) < 4.78 is 13.2. The van der Waals surface area contributed by atoms with Crippen molar-refractivity contribution in [3.8, 4) is 34.1 Å². The number of nitrogens with zero attached hydrogens (tertiary/aromatic N) is 4. The van der Waals surface area contributed by atoms with Crippen LogP contribution in [0.5, 0.6) is 11.5 Å². The van der Waals surface area contributed by atoms with E-state index in [-0.39, 0.29) is 24.7 Å². The molecule has 1 amide bonds. The van der Waals surface area contributed by atoms with Gasteiger partial charge in [0.2, 0.25) is 11.6 Å². The van der Waals surface area contributed by atoms with E-state index in [0.29, 0.717) is 17.2 Å². The number of hydrogen-bond donors (Lipinski definition) is 1. The van der Waals surface area contributed by atoms with Gasteiger partial charge in [0.1, 0.15) is 45.7 Å². The Bertz CT molecular complexity index is 1980. The SMILES string of the molecule is COc1cc2ccn3c(C(=O)N(C)C(C)(C)C)cc(-c4cccs4)c3c2cc1OCCO.N#CC1=C(C#N)C(=O)C(Cl)=C(Cl)C1=O. The number of aliphatic hydroxyl groups excluding tert-OH is 1. The lowest BCUT2D eigenvalue weighted by molar-refractivity contribution is -0.115. The number of fused-ring (bicyclic) bond motifs is 3. The van der Waals surface area contributed by atoms with Crippen LogP contribution in [0.3, 0.4) is 0 Å². The average Bonchev–Trinajstić information content (AvgIpc) is 3.71. The standard InChI is InChI=1S/C25H28N2O4S.C8Cl2N2O2/c1-25(2,3)26(4)24(29)19-14-18(22-7-6-12-32-22)23-17-15-21(31-11-10-28)20(30-5)13-16(17)8-9-27(19)23;9-5-6(10)8(14)4(2-12)3(1-11)7(5)13/h6-9,12-15,28H,10-11H2,1-5H3;. The predicted octanol–water partition coefficient (Wildman–Crippen LogP) is 6.24. The number of rotatable bonds is 6. The second-order valence-electron chi connectivity index (χ2n) is 10.9. The number of carbonyl (C=O) groups excluding carboxylic acids is 3. The average molecular weight is 680 g/mol. The van der Waals surface area contributed by atoms with Crippen molar-refractivity contribution in [3.05, 3.63) is 74.9 Å². The van der Waals surface area contributed by atoms with E-state index in [0.717, 1.165) is 26.7 Å². The van der Waals surface area contributed by atoms with Crippen LogP contribution in [0.4, 0.5) is 0 Å². The van der Waals surface area contributed by atoms with E-state index in [1.807, 2.05) is 74.1 Å². The van der Waals surface area contributed by atoms with Crippen molar-refractivity contribution in [1.82, 2.24) is 9.30 Å². The summed E-state index contributed by atoms with van der Waals surface area (Å²) in [7, 11) is 3.43. The molecule has 1 aromatic carbocycles. The highest BCUT2D eigenvalue weighted by Crippen LogP contribution is 2.40. The van der Waals surface area contributed by atoms with Crippen LogP contribution in [0, 0.1) is 22.7 Å². The number of allylic oxidation sites excluding steroid dienone is 4. The minimum absolute atomic E-state index is 0.0417. The number of halogens is 2. The molecule has 0 fully saturated rings. The van der Waals surface area contributed by atoms with Crippen molar-refractivity contribution in [2.45, 2.75) is 26.3 Å². The second kappa shape index (κ2) is 13.8. The van der Waals surface area contributed by atoms with Gasteiger partial charge in [-0.15, -0.1) is 11.3 Å². The Kier molecular flexibility index (Phi) is 10.2. The van der Waals surface area contributed by atoms with Gasteiger partial charge in [0.25, 0.3) is 5.91 Å². The lowest BCUT2D eigenvalue weighted by atomic mass is 9.96. The van der Waals surface area contributed by atoms with Gasteiger partial charge in [-0.3, -0.25) is 14.4 Å². The number of Topliss-reactive ketones (excluding diaryl/α,β-unsaturated/α-hetero) is 2. The Hall–Kier alpha value is -4.65. The Labute approximate surface area is 278 Å². The number of methoxy groups -OCH3 is 1. The number of nitriles is 2. The molecule has 3 heterocycles. The van der Waals surface area contributed by atoms with Crippen LogP contribution in [-0.2, 0) is 9.59 Å². The Morgan fingerprint density at radius 1 is 1.04 bits per heavy atom. The first-order valence-electron chi connectivity index (χ1n) is 13.7. The van der Waals surface area contributed by atoms with E-state index < -0.39 is 32.8 Å². The summed E-state index contributed by atoms with van der Waals surface area (Å²) in [6, 6.07) is 14.8. The van der Waals surface area contributed by atoms with Crippen molar-refractivity contribution in [2.75, 3.05) is 27.4 Å². The van der Waals surface area contributed by atoms with Gasteiger partial charge in [-0.25, -0.2) is 0 Å². The highest BCUT2D eigenvalue weighted by atomic mass is 35.5. The summed E-state index contributed by atoms with van der Waals surface area (Å²) in [6.45, 7) is 6.15. The summed E-state index contributed by atoms with van der Waals surface area (Å²) in [5, 5.41) is 29.2. The molecule has 0 atom stereocenters. The number of thiophene rings is 1. The number of pyridine rings is 1. The Balaban J connectivity index is 0.000000288. The lowest BCUT2D eigenvalue weighted by Gasteiger charge is -2.31. The first kappa shape index (κ1) is 34.2. The molecule has 1 aliphatic rings. The molecular formula is C33H28Cl2N4O6S. The third kappa shape index (κ3) is 6.37. The Morgan fingerprint density at radius 3 is 2.17 bits per heavy atom. The van der Waals surface area contributed by atoms with E-state index in [9.17, 15) is 19.5 Å². The maximum atomic E-state index is 13.5. The molecule has 0 saturated carbocycles. The van der Waals surface area contributed by atoms with Gasteiger partial charge in [-0.2, -0.15) is 10.5 Å². The monoisotopic (exact) mass is 678 g/mol. The molecule has 0 saturated heterocycles. The number of aromatic nitrogens is 1. The fourth-order valence-electron chi connectivity index (χ4n) is 4.58. The molecule has 13 heteroatoms. The number of amides is 1. The minimum atomic E-state index is -0.893. The van der Waals surface area contributed by atoms with Crippen molar-refractivity contribution >= 4 is 68.3 Å². The number of aliphatic hydroxyl groups is 1. The van der Waals surface area contributed by atoms with Crippen LogP contribution in [0.2, 0.25) is 0 Å². The van der Waals surface area contributed by atoms with Gasteiger partial charge < -0.3 is 23.9 Å². The van der Waals surface area contributed by atoms with Crippen LogP contribution in [0.1, 0.15) is 31.3 Å². The van der Waals surface area contributed by atoms with Gasteiger partial charge in [0.15, 0.2) is 11.5 Å². The van der Waals surface area contributed by atoms with Crippen molar-refractivity contribution in [2.24, 2.45) is 0 Å². The Morgan fingerprint density at radius 2 is 1.67 bits per heavy atom. The van der Waals surface area contributed by atoms with E-state index >= 15 is 0 Å². The van der Waals surface area contributed by atoms with Gasteiger partial charge in [-0.05, 0) is 61.9 Å². The largest absolute Gasteiger partial charge is 0.493 e. The highest BCUT2D eigenvalue weighted by molar-refractivity contribution is 7.13. The fraction of sp³-hybridized carbons (Fsp3) is 0.242. The van der Waals surface area contributed by atoms with Gasteiger partial charge in [-0.1, -0.05) is 29.3 Å². The van der Waals surface area contributed by atoms with Crippen molar-refractivity contribution in [3.63, 3.8) is 0 Å². The van der Waals surface area contributed by atoms with Crippen LogP contribution in [0.25, 0.3) is 26.7 Å². The van der Waals surface area contributed by atoms with Crippen LogP contribution in [-0.4, -0.2) is 64.8 Å². The number of carbonyl (C=O) groups is 3. The molecule has 0 radical (unpaired) electrons. The second-order valence-corrected chi connectivity index (χ2v) is 12.6. The topological polar surface area (TPSA) is 145 Å². The molecule has 46 heavy (non-hydrogen) atoms. The summed E-state index contributed by atoms with van der Waals surface area (Å²) in [5.74, 6) is -0.672. The summed E-state index contributed by atoms with van der Waals surface area (Å²) in [6.07, 6.45) is 1.94. The van der Waals surface area contributed by atoms with Crippen LogP contribution in [0.15, 0.2) is 69.2 Å². The summed E-state index contributed by atoms with van der Waals surface area (Å²) in [5.41, 5.74) is 1.11. The molecule has 10 nitrogen and oxygen atoms in total. The van der Waals surface area contributed by atoms with Crippen LogP contribution >= 0.6 is 34.5 Å². The first-order chi connectivity index (χ1) is 21.8. The van der Waals surface area contributed by atoms with Crippen molar-refractivity contribution in [1.29, 1.82) is 10.5 Å². The molecule has 0 aliphatic heterocycles. The highest BCUT2D eigenvalue weighted by Gasteiger charge is 2.33. The molecular weight excluding hydrogens is 651 g/mol. The molecule has 1 aliphatic carbocycles. The van der Waals surface area contributed by atoms with Crippen molar-refractivity contribution < 1.29 is 29.0 Å². The summed E-state index contributed by atoms with van der Waals surface area (Å²) in [4.78, 5) is 38.8. The third-order valence-electron chi connectivity index (χ3n) is 7.22. The summed E-state index contributed by atoms with van der Waals surface area (Å²) >= 11 is 12.4. The van der Waals surface area contributed by atoms with Gasteiger partial charge >= 0.3 is 0 Å². The number of ether oxygens (including phenoxy) is 2. The lowest BCUT2D eigenvalue weighted by Crippen LogP contribution is -2.42. The van der Waals surface area contributed by atoms with Crippen LogP contribution < -0.4 is 9.47 Å². The van der Waals surface area contributed by atoms with Gasteiger partial charge in [0.05, 0.1) is 19.2 Å². The maximum absolute atomic E-state index is 13.5. The van der Waals surface area contributed by atoms with E-state index in [1.54, 1.807) is 23.3 Å². The molecule has 5 rings (SSSR count). The minimum Gasteiger partial charge on any atom is -0.493 e. The molecule has 4 aromatic rings. The molecule has 1 N–H and O–H groups in total. The molecule has 0 unspecified atom stereocenters. The first-order valence-corrected chi connectivity index (χ1v) is 15.3. The maximum Gasteiger partial charge on any atom is 0.271 e. The molecule has 0 bridgehead atoms. The zero-order valence-corrected chi connectivity index (χ0v) is 27.8. The van der Waals surface area contributed by atoms with E-state index in [2.05, 4.69) is 6.07 Å². The molecule has 0 spiro atoms. The quantitative estimate of drug-likeness (QED) is 0.236. The third-order valence-corrected chi connectivity index (χ3v) is 8.94. The van der Waals surface area contributed by atoms with Gasteiger partial charge in [0, 0.05) is 34.6 Å². The number of ketones is 2. The van der Waals surface area contributed by atoms with E-state index in [1.165, 1.54) is 12.1 Å². The predicted molar refractivity (Wildman–Crippen MR) is 176 cm³/mol. The smallest absolute Gasteiger partial charge is 0.271 e. The normalized spacial score (nSPS) is 13.3. The zero-order chi connectivity index (χ0) is 33.9. The molecule has 236 valence electrons.